The van der Waals surface area contributed by atoms with Crippen molar-refractivity contribution in [1.82, 2.24) is 9.36 Å². The molecule has 0 fully saturated rings. The predicted octanol–water partition coefficient (Wildman–Crippen LogP) is 2.14. The van der Waals surface area contributed by atoms with Gasteiger partial charge in [0.25, 0.3) is 5.56 Å². The highest BCUT2D eigenvalue weighted by Gasteiger charge is 2.14. The van der Waals surface area contributed by atoms with E-state index in [1.54, 1.807) is 23.1 Å². The zero-order valence-electron chi connectivity index (χ0n) is 8.53. The highest BCUT2D eigenvalue weighted by Crippen LogP contribution is 2.19. The quantitative estimate of drug-likeness (QED) is 0.831. The number of aromatic nitrogens is 2. The fourth-order valence-corrected chi connectivity index (χ4v) is 2.75. The van der Waals surface area contributed by atoms with Crippen LogP contribution < -0.4 is 5.56 Å². The summed E-state index contributed by atoms with van der Waals surface area (Å²) in [4.78, 5) is 13.1. The molecule has 0 unspecified atom stereocenters. The van der Waals surface area contributed by atoms with E-state index in [4.69, 9.17) is 0 Å². The molecule has 0 aliphatic heterocycles. The highest BCUT2D eigenvalue weighted by atomic mass is 79.9. The van der Waals surface area contributed by atoms with Crippen molar-refractivity contribution in [3.05, 3.63) is 42.9 Å². The summed E-state index contributed by atoms with van der Waals surface area (Å²) in [7, 11) is 3.63. The average molecular weight is 287 g/mol. The monoisotopic (exact) mass is 286 g/mol. The molecule has 15 heavy (non-hydrogen) atoms. The van der Waals surface area contributed by atoms with Crippen LogP contribution in [-0.2, 0) is 20.5 Å². The minimum absolute atomic E-state index is 0.0674. The number of nitrogens with zero attached hydrogens (tertiary/aromatic N) is 2. The van der Waals surface area contributed by atoms with Gasteiger partial charge < -0.3 is 0 Å². The van der Waals surface area contributed by atoms with E-state index in [0.717, 1.165) is 10.2 Å². The summed E-state index contributed by atoms with van der Waals surface area (Å²) in [5, 5.41) is 2.02. The maximum atomic E-state index is 11.9. The first kappa shape index (κ1) is 10.7. The van der Waals surface area contributed by atoms with E-state index in [9.17, 15) is 4.79 Å². The van der Waals surface area contributed by atoms with Crippen molar-refractivity contribution in [1.29, 1.82) is 0 Å². The second kappa shape index (κ2) is 3.98. The topological polar surface area (TPSA) is 26.9 Å². The molecule has 2 rings (SSSR count). The molecule has 2 heterocycles. The van der Waals surface area contributed by atoms with Crippen LogP contribution in [0.2, 0.25) is 0 Å². The molecule has 0 spiro atoms. The van der Waals surface area contributed by atoms with E-state index < -0.39 is 0 Å². The van der Waals surface area contributed by atoms with Gasteiger partial charge in [-0.3, -0.25) is 14.2 Å². The number of hydrogen-bond acceptors (Lipinski definition) is 2. The summed E-state index contributed by atoms with van der Waals surface area (Å²) in [5.74, 6) is 0. The molecule has 0 atom stereocenters. The third kappa shape index (κ3) is 1.81. The molecule has 5 heteroatoms. The minimum Gasteiger partial charge on any atom is -0.279 e. The van der Waals surface area contributed by atoms with E-state index in [2.05, 4.69) is 15.9 Å². The van der Waals surface area contributed by atoms with Crippen molar-refractivity contribution in [2.45, 2.75) is 6.42 Å². The van der Waals surface area contributed by atoms with Gasteiger partial charge in [0.05, 0.1) is 5.56 Å². The van der Waals surface area contributed by atoms with Gasteiger partial charge in [-0.2, -0.15) is 0 Å². The van der Waals surface area contributed by atoms with Gasteiger partial charge in [0.1, 0.15) is 4.60 Å². The van der Waals surface area contributed by atoms with Crippen LogP contribution in [0.15, 0.2) is 26.9 Å². The Morgan fingerprint density at radius 3 is 2.60 bits per heavy atom. The van der Waals surface area contributed by atoms with Crippen molar-refractivity contribution in [2.75, 3.05) is 0 Å². The number of thiophene rings is 1. The van der Waals surface area contributed by atoms with Gasteiger partial charge >= 0.3 is 0 Å². The largest absolute Gasteiger partial charge is 0.279 e. The van der Waals surface area contributed by atoms with Gasteiger partial charge in [0, 0.05) is 25.4 Å². The lowest BCUT2D eigenvalue weighted by Gasteiger charge is -1.98. The Bertz CT molecular complexity index is 524. The molecular weight excluding hydrogens is 276 g/mol. The molecule has 0 amide bonds. The van der Waals surface area contributed by atoms with Gasteiger partial charge in [-0.25, -0.2) is 0 Å². The van der Waals surface area contributed by atoms with E-state index in [0.29, 0.717) is 6.42 Å². The molecule has 80 valence electrons. The molecule has 0 radical (unpaired) electrons. The van der Waals surface area contributed by atoms with Crippen molar-refractivity contribution in [3.63, 3.8) is 0 Å². The molecule has 0 saturated carbocycles. The van der Waals surface area contributed by atoms with Crippen molar-refractivity contribution >= 4 is 27.3 Å². The Hall–Kier alpha value is -0.810. The van der Waals surface area contributed by atoms with Crippen LogP contribution >= 0.6 is 27.3 Å². The lowest BCUT2D eigenvalue weighted by Crippen LogP contribution is -2.18. The fraction of sp³-hybridized carbons (Fsp3) is 0.300. The van der Waals surface area contributed by atoms with Gasteiger partial charge in [0.15, 0.2) is 0 Å². The summed E-state index contributed by atoms with van der Waals surface area (Å²) >= 11 is 5.12. The Labute approximate surface area is 100 Å². The van der Waals surface area contributed by atoms with Gasteiger partial charge in [-0.05, 0) is 27.4 Å². The molecule has 0 N–H and O–H groups in total. The second-order valence-corrected chi connectivity index (χ2v) is 5.16. The predicted molar refractivity (Wildman–Crippen MR) is 65.5 cm³/mol. The Balaban J connectivity index is 2.46. The Morgan fingerprint density at radius 1 is 1.40 bits per heavy atom. The third-order valence-electron chi connectivity index (χ3n) is 2.47. The summed E-state index contributed by atoms with van der Waals surface area (Å²) in [5.41, 5.74) is 0.889. The zero-order valence-corrected chi connectivity index (χ0v) is 10.9. The van der Waals surface area contributed by atoms with Crippen LogP contribution in [0.4, 0.5) is 0 Å². The lowest BCUT2D eigenvalue weighted by molar-refractivity contribution is 0.570. The molecule has 0 bridgehead atoms. The number of rotatable bonds is 2. The van der Waals surface area contributed by atoms with Gasteiger partial charge in [-0.1, -0.05) is 6.07 Å². The summed E-state index contributed by atoms with van der Waals surface area (Å²) in [6.07, 6.45) is 0.700. The fourth-order valence-electron chi connectivity index (χ4n) is 1.48. The average Bonchev–Trinajstić information content (AvgIpc) is 2.79. The maximum absolute atomic E-state index is 11.9. The molecule has 2 aromatic rings. The van der Waals surface area contributed by atoms with E-state index >= 15 is 0 Å². The molecule has 0 aliphatic carbocycles. The van der Waals surface area contributed by atoms with Crippen molar-refractivity contribution in [2.24, 2.45) is 14.1 Å². The van der Waals surface area contributed by atoms with Crippen molar-refractivity contribution < 1.29 is 0 Å². The van der Waals surface area contributed by atoms with Gasteiger partial charge in [-0.15, -0.1) is 11.3 Å². The van der Waals surface area contributed by atoms with E-state index in [-0.39, 0.29) is 5.56 Å². The van der Waals surface area contributed by atoms with Crippen LogP contribution in [0.3, 0.4) is 0 Å². The molecule has 2 aromatic heterocycles. The Morgan fingerprint density at radius 2 is 2.13 bits per heavy atom. The standard InChI is InChI=1S/C10H11BrN2OS/c1-12-9(11)8(10(14)13(12)2)6-7-4-3-5-15-7/h3-5H,6H2,1-2H3. The smallest absolute Gasteiger partial charge is 0.271 e. The maximum Gasteiger partial charge on any atom is 0.271 e. The Kier molecular flexibility index (Phi) is 2.84. The van der Waals surface area contributed by atoms with Crippen molar-refractivity contribution in [3.8, 4) is 0 Å². The second-order valence-electron chi connectivity index (χ2n) is 3.38. The first-order chi connectivity index (χ1) is 7.11. The minimum atomic E-state index is 0.0674. The summed E-state index contributed by atoms with van der Waals surface area (Å²) < 4.78 is 4.28. The summed E-state index contributed by atoms with van der Waals surface area (Å²) in [6.45, 7) is 0. The normalized spacial score (nSPS) is 10.9. The lowest BCUT2D eigenvalue weighted by atomic mass is 10.2. The van der Waals surface area contributed by atoms with Crippen LogP contribution in [0.1, 0.15) is 10.4 Å². The third-order valence-corrected chi connectivity index (χ3v) is 4.33. The highest BCUT2D eigenvalue weighted by molar-refractivity contribution is 9.10. The van der Waals surface area contributed by atoms with Crippen LogP contribution in [0.25, 0.3) is 0 Å². The molecule has 3 nitrogen and oxygen atoms in total. The van der Waals surface area contributed by atoms with Gasteiger partial charge in [0.2, 0.25) is 0 Å². The zero-order chi connectivity index (χ0) is 11.0. The molecule has 0 aromatic carbocycles. The van der Waals surface area contributed by atoms with E-state index in [1.807, 2.05) is 29.2 Å². The van der Waals surface area contributed by atoms with Crippen LogP contribution in [-0.4, -0.2) is 9.36 Å². The molecule has 0 aliphatic rings. The van der Waals surface area contributed by atoms with Crippen LogP contribution in [0, 0.1) is 0 Å². The first-order valence-corrected chi connectivity index (χ1v) is 6.21. The van der Waals surface area contributed by atoms with E-state index in [1.165, 1.54) is 4.88 Å². The molecule has 0 saturated heterocycles. The van der Waals surface area contributed by atoms with Crippen LogP contribution in [0.5, 0.6) is 0 Å². The molecular formula is C10H11BrN2OS. The SMILES string of the molecule is Cn1c(Br)c(Cc2cccs2)c(=O)n1C. The number of halogens is 1. The first-order valence-electron chi connectivity index (χ1n) is 4.54. The number of hydrogen-bond donors (Lipinski definition) is 0. The summed E-state index contributed by atoms with van der Waals surface area (Å²) in [6, 6.07) is 4.05.